The molecule has 1 saturated heterocycles. The molecule has 1 aromatic carbocycles. The van der Waals surface area contributed by atoms with E-state index in [1.54, 1.807) is 6.08 Å². The third kappa shape index (κ3) is 7.95. The van der Waals surface area contributed by atoms with Crippen LogP contribution in [0, 0.1) is 23.7 Å². The number of hydrogen-bond donors (Lipinski definition) is 3. The number of aliphatic hydroxyl groups is 2. The van der Waals surface area contributed by atoms with Gasteiger partial charge in [0.15, 0.2) is 0 Å². The molecule has 1 aromatic rings. The summed E-state index contributed by atoms with van der Waals surface area (Å²) in [7, 11) is 0. The molecule has 7 atom stereocenters. The van der Waals surface area contributed by atoms with Crippen molar-refractivity contribution < 1.29 is 42.8 Å². The Hall–Kier alpha value is -2.10. The van der Waals surface area contributed by atoms with Gasteiger partial charge in [0.2, 0.25) is 0 Å². The van der Waals surface area contributed by atoms with Crippen LogP contribution in [0.25, 0.3) is 0 Å². The summed E-state index contributed by atoms with van der Waals surface area (Å²) in [5.41, 5.74) is -0.819. The lowest BCUT2D eigenvalue weighted by molar-refractivity contribution is -0.142. The number of halogens is 3. The van der Waals surface area contributed by atoms with E-state index in [1.807, 2.05) is 6.92 Å². The molecule has 0 radical (unpaired) electrons. The molecule has 1 heterocycles. The van der Waals surface area contributed by atoms with Crippen molar-refractivity contribution in [2.75, 3.05) is 13.2 Å². The number of benzene rings is 1. The molecular formula is C27H37F3O6. The van der Waals surface area contributed by atoms with Crippen molar-refractivity contribution in [3.63, 3.8) is 0 Å². The molecular weight excluding hydrogens is 477 g/mol. The van der Waals surface area contributed by atoms with Crippen LogP contribution in [0.4, 0.5) is 13.2 Å². The fourth-order valence-electron chi connectivity index (χ4n) is 5.38. The average Bonchev–Trinajstić information content (AvgIpc) is 2.99. The summed E-state index contributed by atoms with van der Waals surface area (Å²) in [4.78, 5) is 11.4. The first kappa shape index (κ1) is 28.5. The van der Waals surface area contributed by atoms with Gasteiger partial charge in [-0.3, -0.25) is 4.79 Å². The first-order valence-electron chi connectivity index (χ1n) is 12.8. The first-order valence-corrected chi connectivity index (χ1v) is 12.8. The van der Waals surface area contributed by atoms with Crippen LogP contribution in [0.15, 0.2) is 36.4 Å². The topological polar surface area (TPSA) is 96.2 Å². The summed E-state index contributed by atoms with van der Waals surface area (Å²) < 4.78 is 50.0. The van der Waals surface area contributed by atoms with E-state index < -0.39 is 29.9 Å². The largest absolute Gasteiger partial charge is 0.491 e. The van der Waals surface area contributed by atoms with Gasteiger partial charge in [-0.05, 0) is 62.1 Å². The van der Waals surface area contributed by atoms with Gasteiger partial charge in [0.1, 0.15) is 18.5 Å². The Balaban J connectivity index is 1.51. The number of aliphatic hydroxyl groups excluding tert-OH is 2. The summed E-state index contributed by atoms with van der Waals surface area (Å²) in [6, 6.07) is 4.50. The monoisotopic (exact) mass is 514 g/mol. The molecule has 1 aliphatic heterocycles. The quantitative estimate of drug-likeness (QED) is 0.357. The highest BCUT2D eigenvalue weighted by molar-refractivity contribution is 5.69. The highest BCUT2D eigenvalue weighted by atomic mass is 19.4. The van der Waals surface area contributed by atoms with Crippen LogP contribution in [-0.2, 0) is 15.7 Å². The Kier molecular flexibility index (Phi) is 10.2. The van der Waals surface area contributed by atoms with E-state index >= 15 is 0 Å². The van der Waals surface area contributed by atoms with Gasteiger partial charge < -0.3 is 24.8 Å². The second-order valence-electron chi connectivity index (χ2n) is 10.0. The number of fused-ring (bicyclic) bond motifs is 1. The molecule has 1 unspecified atom stereocenters. The van der Waals surface area contributed by atoms with Crippen molar-refractivity contribution >= 4 is 5.97 Å². The lowest BCUT2D eigenvalue weighted by atomic mass is 9.85. The lowest BCUT2D eigenvalue weighted by Gasteiger charge is -2.21. The van der Waals surface area contributed by atoms with E-state index in [0.717, 1.165) is 37.8 Å². The molecule has 0 spiro atoms. The molecule has 0 bridgehead atoms. The molecule has 202 valence electrons. The molecule has 2 aliphatic rings. The fourth-order valence-corrected chi connectivity index (χ4v) is 5.38. The average molecular weight is 515 g/mol. The standard InChI is InChI=1S/C27H37F3O6/c1-2-4-18(26(33)34)9-7-17-8-11-23-22(24(32)14-25(23)36-15-17)12-10-20(31)16-35-21-6-3-5-19(13-21)27(28,29)30/h3,5-6,10,12-13,17-18,20,22-25,31-32H,2,4,7-9,11,14-16H2,1H3,(H,33,34)/b12-10+/t17-,18?,20-,22-,23-,24-,25+/m1/s1. The van der Waals surface area contributed by atoms with Crippen LogP contribution in [0.2, 0.25) is 0 Å². The smallest absolute Gasteiger partial charge is 0.416 e. The maximum atomic E-state index is 12.9. The number of ether oxygens (including phenoxy) is 2. The Morgan fingerprint density at radius 1 is 1.28 bits per heavy atom. The highest BCUT2D eigenvalue weighted by Gasteiger charge is 2.43. The predicted molar refractivity (Wildman–Crippen MR) is 127 cm³/mol. The second-order valence-corrected chi connectivity index (χ2v) is 10.0. The normalized spacial score (nSPS) is 28.4. The van der Waals surface area contributed by atoms with Gasteiger partial charge in [-0.25, -0.2) is 0 Å². The summed E-state index contributed by atoms with van der Waals surface area (Å²) >= 11 is 0. The number of aliphatic carboxylic acids is 1. The highest BCUT2D eigenvalue weighted by Crippen LogP contribution is 2.42. The van der Waals surface area contributed by atoms with Crippen molar-refractivity contribution in [2.45, 2.75) is 76.4 Å². The first-order chi connectivity index (χ1) is 17.1. The van der Waals surface area contributed by atoms with Crippen LogP contribution < -0.4 is 4.74 Å². The molecule has 9 heteroatoms. The maximum absolute atomic E-state index is 12.9. The minimum atomic E-state index is -4.47. The third-order valence-corrected chi connectivity index (χ3v) is 7.39. The minimum Gasteiger partial charge on any atom is -0.491 e. The van der Waals surface area contributed by atoms with Crippen molar-refractivity contribution in [1.29, 1.82) is 0 Å². The van der Waals surface area contributed by atoms with Gasteiger partial charge in [-0.2, -0.15) is 13.2 Å². The Bertz CT molecular complexity index is 873. The SMILES string of the molecule is CCCC(CC[C@@H]1CC[C@@H]2[C@@H](/C=C/[C@@H](O)COc3cccc(C(F)(F)F)c3)[C@H](O)C[C@@H]2OC1)C(=O)O. The van der Waals surface area contributed by atoms with Crippen LogP contribution in [0.1, 0.15) is 57.4 Å². The van der Waals surface area contributed by atoms with E-state index in [9.17, 15) is 33.3 Å². The number of carboxylic acids is 1. The number of alkyl halides is 3. The Morgan fingerprint density at radius 2 is 2.06 bits per heavy atom. The van der Waals surface area contributed by atoms with Gasteiger partial charge in [0.25, 0.3) is 0 Å². The van der Waals surface area contributed by atoms with Gasteiger partial charge >= 0.3 is 12.1 Å². The zero-order valence-electron chi connectivity index (χ0n) is 20.6. The molecule has 36 heavy (non-hydrogen) atoms. The Morgan fingerprint density at radius 3 is 2.75 bits per heavy atom. The number of hydrogen-bond acceptors (Lipinski definition) is 5. The van der Waals surface area contributed by atoms with Gasteiger partial charge in [0.05, 0.1) is 23.7 Å². The molecule has 1 aliphatic carbocycles. The van der Waals surface area contributed by atoms with Crippen molar-refractivity contribution in [3.05, 3.63) is 42.0 Å². The number of carboxylic acid groups (broad SMARTS) is 1. The predicted octanol–water partition coefficient (Wildman–Crippen LogP) is 5.07. The molecule has 1 saturated carbocycles. The maximum Gasteiger partial charge on any atom is 0.416 e. The van der Waals surface area contributed by atoms with Crippen molar-refractivity contribution in [2.24, 2.45) is 23.7 Å². The van der Waals surface area contributed by atoms with Crippen LogP contribution in [0.5, 0.6) is 5.75 Å². The van der Waals surface area contributed by atoms with Gasteiger partial charge in [-0.1, -0.05) is 31.6 Å². The van der Waals surface area contributed by atoms with Gasteiger partial charge in [-0.15, -0.1) is 0 Å². The van der Waals surface area contributed by atoms with E-state index in [-0.39, 0.29) is 42.1 Å². The molecule has 6 nitrogen and oxygen atoms in total. The molecule has 0 aromatic heterocycles. The van der Waals surface area contributed by atoms with Crippen LogP contribution in [-0.4, -0.2) is 52.8 Å². The minimum absolute atomic E-state index is 0.0190. The summed E-state index contributed by atoms with van der Waals surface area (Å²) in [6.45, 7) is 2.32. The molecule has 0 amide bonds. The van der Waals surface area contributed by atoms with E-state index in [4.69, 9.17) is 9.47 Å². The number of rotatable bonds is 11. The third-order valence-electron chi connectivity index (χ3n) is 7.39. The summed E-state index contributed by atoms with van der Waals surface area (Å²) in [6.07, 6.45) is 2.24. The number of carbonyl (C=O) groups is 1. The summed E-state index contributed by atoms with van der Waals surface area (Å²) in [5.74, 6) is -0.886. The molecule has 3 N–H and O–H groups in total. The van der Waals surface area contributed by atoms with Crippen LogP contribution in [0.3, 0.4) is 0 Å². The lowest BCUT2D eigenvalue weighted by Crippen LogP contribution is -2.22. The van der Waals surface area contributed by atoms with E-state index in [2.05, 4.69) is 0 Å². The van der Waals surface area contributed by atoms with E-state index in [1.165, 1.54) is 18.2 Å². The van der Waals surface area contributed by atoms with Crippen LogP contribution >= 0.6 is 0 Å². The zero-order chi connectivity index (χ0) is 26.3. The zero-order valence-corrected chi connectivity index (χ0v) is 20.6. The van der Waals surface area contributed by atoms with Crippen molar-refractivity contribution in [1.82, 2.24) is 0 Å². The van der Waals surface area contributed by atoms with E-state index in [0.29, 0.717) is 25.9 Å². The summed E-state index contributed by atoms with van der Waals surface area (Å²) in [5, 5.41) is 30.3. The fraction of sp³-hybridized carbons (Fsp3) is 0.667. The second kappa shape index (κ2) is 12.9. The molecule has 3 rings (SSSR count). The Labute approximate surface area is 210 Å². The van der Waals surface area contributed by atoms with Crippen molar-refractivity contribution in [3.8, 4) is 5.75 Å². The molecule has 2 fully saturated rings. The van der Waals surface area contributed by atoms with Gasteiger partial charge in [0, 0.05) is 18.9 Å².